The van der Waals surface area contributed by atoms with Crippen LogP contribution >= 0.6 is 0 Å². The number of nitrogens with zero attached hydrogens (tertiary/aromatic N) is 2. The molecule has 0 spiro atoms. The lowest BCUT2D eigenvalue weighted by atomic mass is 10.00. The SMILES string of the molecule is COc1ccccc1Oc1ccc(S(=O)(=O)N2CCC(N3CCC(Oc4ccccc4F)CC3)CC2)cc1. The van der Waals surface area contributed by atoms with Gasteiger partial charge in [-0.1, -0.05) is 24.3 Å². The predicted octanol–water partition coefficient (Wildman–Crippen LogP) is 5.32. The number of piperidine rings is 2. The van der Waals surface area contributed by atoms with Crippen molar-refractivity contribution in [2.24, 2.45) is 0 Å². The quantitative estimate of drug-likeness (QED) is 0.385. The Kier molecular flexibility index (Phi) is 8.16. The summed E-state index contributed by atoms with van der Waals surface area (Å²) in [6.45, 7) is 2.70. The topological polar surface area (TPSA) is 68.3 Å². The van der Waals surface area contributed by atoms with Crippen LogP contribution in [0.5, 0.6) is 23.0 Å². The molecule has 7 nitrogen and oxygen atoms in total. The highest BCUT2D eigenvalue weighted by Gasteiger charge is 2.33. The van der Waals surface area contributed by atoms with Gasteiger partial charge >= 0.3 is 0 Å². The second-order valence-electron chi connectivity index (χ2n) is 9.64. The third kappa shape index (κ3) is 5.95. The molecule has 3 aromatic rings. The largest absolute Gasteiger partial charge is 0.493 e. The molecule has 0 saturated carbocycles. The average molecular weight is 541 g/mol. The number of rotatable bonds is 8. The summed E-state index contributed by atoms with van der Waals surface area (Å²) >= 11 is 0. The van der Waals surface area contributed by atoms with Crippen LogP contribution in [0.1, 0.15) is 25.7 Å². The monoisotopic (exact) mass is 540 g/mol. The van der Waals surface area contributed by atoms with Crippen LogP contribution in [0.15, 0.2) is 77.7 Å². The first-order valence-electron chi connectivity index (χ1n) is 13.0. The lowest BCUT2D eigenvalue weighted by Crippen LogP contribution is -2.50. The molecule has 0 bridgehead atoms. The molecule has 2 fully saturated rings. The van der Waals surface area contributed by atoms with Gasteiger partial charge in [0.25, 0.3) is 0 Å². The lowest BCUT2D eigenvalue weighted by molar-refractivity contribution is 0.0568. The fourth-order valence-corrected chi connectivity index (χ4v) is 6.65. The van der Waals surface area contributed by atoms with Crippen molar-refractivity contribution >= 4 is 10.0 Å². The zero-order valence-electron chi connectivity index (χ0n) is 21.5. The molecule has 0 unspecified atom stereocenters. The summed E-state index contributed by atoms with van der Waals surface area (Å²) in [6.07, 6.45) is 3.23. The van der Waals surface area contributed by atoms with E-state index < -0.39 is 10.0 Å². The molecule has 202 valence electrons. The number of methoxy groups -OCH3 is 1. The highest BCUT2D eigenvalue weighted by atomic mass is 32.2. The molecule has 2 aliphatic heterocycles. The minimum Gasteiger partial charge on any atom is -0.493 e. The predicted molar refractivity (Wildman–Crippen MR) is 143 cm³/mol. The maximum Gasteiger partial charge on any atom is 0.243 e. The van der Waals surface area contributed by atoms with Crippen molar-refractivity contribution in [1.29, 1.82) is 0 Å². The van der Waals surface area contributed by atoms with Gasteiger partial charge in [0, 0.05) is 32.2 Å². The van der Waals surface area contributed by atoms with E-state index in [4.69, 9.17) is 14.2 Å². The standard InChI is InChI=1S/C29H33FN2O5S/c1-35-28-8-4-5-9-29(28)37-23-10-12-25(13-11-23)38(33,34)32-20-14-22(15-21-32)31-18-16-24(17-19-31)36-27-7-3-2-6-26(27)30/h2-13,22,24H,14-21H2,1H3. The highest BCUT2D eigenvalue weighted by Crippen LogP contribution is 2.32. The van der Waals surface area contributed by atoms with E-state index >= 15 is 0 Å². The number of ether oxygens (including phenoxy) is 3. The van der Waals surface area contributed by atoms with E-state index in [1.807, 2.05) is 12.1 Å². The second-order valence-corrected chi connectivity index (χ2v) is 11.6. The van der Waals surface area contributed by atoms with Crippen LogP contribution in [-0.4, -0.2) is 63.1 Å². The van der Waals surface area contributed by atoms with Crippen molar-refractivity contribution in [3.8, 4) is 23.0 Å². The van der Waals surface area contributed by atoms with Crippen LogP contribution in [0.25, 0.3) is 0 Å². The fraction of sp³-hybridized carbons (Fsp3) is 0.379. The van der Waals surface area contributed by atoms with E-state index in [1.54, 1.807) is 66.0 Å². The molecule has 0 aromatic heterocycles. The molecule has 38 heavy (non-hydrogen) atoms. The Morgan fingerprint density at radius 3 is 2.00 bits per heavy atom. The van der Waals surface area contributed by atoms with Crippen molar-refractivity contribution in [3.05, 3.63) is 78.6 Å². The smallest absolute Gasteiger partial charge is 0.243 e. The van der Waals surface area contributed by atoms with Crippen molar-refractivity contribution < 1.29 is 27.0 Å². The van der Waals surface area contributed by atoms with Gasteiger partial charge in [-0.25, -0.2) is 12.8 Å². The Hall–Kier alpha value is -3.14. The molecule has 0 N–H and O–H groups in total. The maximum absolute atomic E-state index is 13.9. The number of sulfonamides is 1. The zero-order valence-corrected chi connectivity index (χ0v) is 22.3. The van der Waals surface area contributed by atoms with Crippen LogP contribution in [0.3, 0.4) is 0 Å². The number of hydrogen-bond acceptors (Lipinski definition) is 6. The van der Waals surface area contributed by atoms with Crippen molar-refractivity contribution in [2.75, 3.05) is 33.3 Å². The van der Waals surface area contributed by atoms with Crippen LogP contribution < -0.4 is 14.2 Å². The summed E-state index contributed by atoms with van der Waals surface area (Å²) in [6, 6.07) is 20.7. The second kappa shape index (κ2) is 11.7. The normalized spacial score (nSPS) is 18.3. The van der Waals surface area contributed by atoms with Gasteiger partial charge < -0.3 is 19.1 Å². The molecular weight excluding hydrogens is 507 g/mol. The minimum atomic E-state index is -3.59. The molecule has 0 aliphatic carbocycles. The minimum absolute atomic E-state index is 0.00135. The summed E-state index contributed by atoms with van der Waals surface area (Å²) in [7, 11) is -2.01. The van der Waals surface area contributed by atoms with E-state index in [-0.39, 0.29) is 16.8 Å². The van der Waals surface area contributed by atoms with Gasteiger partial charge in [-0.3, -0.25) is 0 Å². The first-order valence-corrected chi connectivity index (χ1v) is 14.4. The van der Waals surface area contributed by atoms with E-state index in [1.165, 1.54) is 6.07 Å². The Balaban J connectivity index is 1.12. The Morgan fingerprint density at radius 2 is 1.37 bits per heavy atom. The van der Waals surface area contributed by atoms with E-state index in [0.29, 0.717) is 42.1 Å². The van der Waals surface area contributed by atoms with Crippen molar-refractivity contribution in [2.45, 2.75) is 42.7 Å². The van der Waals surface area contributed by atoms with Gasteiger partial charge in [-0.05, 0) is 74.2 Å². The summed E-state index contributed by atoms with van der Waals surface area (Å²) in [5.41, 5.74) is 0. The van der Waals surface area contributed by atoms with Crippen molar-refractivity contribution in [1.82, 2.24) is 9.21 Å². The third-order valence-electron chi connectivity index (χ3n) is 7.31. The number of halogens is 1. The molecule has 2 aliphatic rings. The van der Waals surface area contributed by atoms with Crippen LogP contribution in [0, 0.1) is 5.82 Å². The fourth-order valence-electron chi connectivity index (χ4n) is 5.19. The Labute approximate surface area is 223 Å². The Bertz CT molecular complexity index is 1320. The van der Waals surface area contributed by atoms with Crippen molar-refractivity contribution in [3.63, 3.8) is 0 Å². The van der Waals surface area contributed by atoms with Gasteiger partial charge in [0.1, 0.15) is 11.9 Å². The lowest BCUT2D eigenvalue weighted by Gasteiger charge is -2.41. The van der Waals surface area contributed by atoms with E-state index in [9.17, 15) is 12.8 Å². The van der Waals surface area contributed by atoms with Gasteiger partial charge in [-0.2, -0.15) is 4.31 Å². The van der Waals surface area contributed by atoms with Gasteiger partial charge in [-0.15, -0.1) is 0 Å². The van der Waals surface area contributed by atoms with Gasteiger partial charge in [0.15, 0.2) is 23.1 Å². The number of benzene rings is 3. The van der Waals surface area contributed by atoms with Gasteiger partial charge in [0.05, 0.1) is 12.0 Å². The molecule has 0 atom stereocenters. The molecule has 3 aromatic carbocycles. The molecule has 2 heterocycles. The zero-order chi connectivity index (χ0) is 26.5. The summed E-state index contributed by atoms with van der Waals surface area (Å²) < 4.78 is 59.1. The third-order valence-corrected chi connectivity index (χ3v) is 9.22. The average Bonchev–Trinajstić information content (AvgIpc) is 2.95. The summed E-state index contributed by atoms with van der Waals surface area (Å²) in [5, 5.41) is 0. The summed E-state index contributed by atoms with van der Waals surface area (Å²) in [5.74, 6) is 1.69. The first kappa shape index (κ1) is 26.5. The van der Waals surface area contributed by atoms with Crippen LogP contribution in [0.4, 0.5) is 4.39 Å². The molecule has 0 radical (unpaired) electrons. The maximum atomic E-state index is 13.9. The van der Waals surface area contributed by atoms with Gasteiger partial charge in [0.2, 0.25) is 10.0 Å². The molecule has 0 amide bonds. The Morgan fingerprint density at radius 1 is 0.763 bits per heavy atom. The van der Waals surface area contributed by atoms with E-state index in [2.05, 4.69) is 4.90 Å². The van der Waals surface area contributed by atoms with Crippen LogP contribution in [-0.2, 0) is 10.0 Å². The molecule has 2 saturated heterocycles. The first-order chi connectivity index (χ1) is 18.4. The highest BCUT2D eigenvalue weighted by molar-refractivity contribution is 7.89. The number of likely N-dealkylation sites (tertiary alicyclic amines) is 1. The number of para-hydroxylation sites is 3. The molecule has 5 rings (SSSR count). The molecular formula is C29H33FN2O5S. The molecule has 9 heteroatoms. The number of hydrogen-bond donors (Lipinski definition) is 0. The van der Waals surface area contributed by atoms with E-state index in [0.717, 1.165) is 38.8 Å². The summed E-state index contributed by atoms with van der Waals surface area (Å²) in [4.78, 5) is 2.68. The van der Waals surface area contributed by atoms with Crippen LogP contribution in [0.2, 0.25) is 0 Å².